The molecule has 1 aromatic rings. The molecule has 0 amide bonds. The van der Waals surface area contributed by atoms with Gasteiger partial charge < -0.3 is 0 Å². The second kappa shape index (κ2) is 6.87. The van der Waals surface area contributed by atoms with Crippen LogP contribution >= 0.6 is 11.6 Å². The predicted octanol–water partition coefficient (Wildman–Crippen LogP) is 3.01. The molecule has 5 heteroatoms. The topological polar surface area (TPSA) is 46.2 Å². The highest BCUT2D eigenvalue weighted by atomic mass is 35.5. The number of hydrogen-bond acceptors (Lipinski definition) is 2. The number of hydrogen-bond donors (Lipinski definition) is 1. The molecule has 0 saturated carbocycles. The van der Waals surface area contributed by atoms with Gasteiger partial charge in [-0.05, 0) is 37.0 Å². The molecule has 1 aromatic carbocycles. The minimum atomic E-state index is -3.24. The number of nitrogens with one attached hydrogen (secondary N) is 1. The van der Waals surface area contributed by atoms with Crippen molar-refractivity contribution >= 4 is 27.3 Å². The van der Waals surface area contributed by atoms with E-state index in [4.69, 9.17) is 11.6 Å². The van der Waals surface area contributed by atoms with E-state index in [1.807, 2.05) is 12.1 Å². The summed E-state index contributed by atoms with van der Waals surface area (Å²) >= 11 is 5.51. The van der Waals surface area contributed by atoms with Crippen LogP contribution in [0.3, 0.4) is 0 Å². The monoisotopic (exact) mass is 275 g/mol. The summed E-state index contributed by atoms with van der Waals surface area (Å²) in [6.07, 6.45) is 2.26. The third kappa shape index (κ3) is 5.41. The summed E-state index contributed by atoms with van der Waals surface area (Å²) in [5.74, 6) is 0.621. The Bertz CT molecular complexity index is 428. The summed E-state index contributed by atoms with van der Waals surface area (Å²) in [5.41, 5.74) is 1.81. The Kier molecular flexibility index (Phi) is 5.78. The molecule has 0 aliphatic heterocycles. The van der Waals surface area contributed by atoms with E-state index in [0.29, 0.717) is 18.0 Å². The van der Waals surface area contributed by atoms with E-state index in [2.05, 4.69) is 11.6 Å². The van der Waals surface area contributed by atoms with Crippen LogP contribution in [0.1, 0.15) is 25.3 Å². The lowest BCUT2D eigenvalue weighted by molar-refractivity contribution is 0.598. The largest absolute Gasteiger partial charge is 0.284 e. The molecule has 0 bridgehead atoms. The molecule has 0 aliphatic rings. The first-order valence-corrected chi connectivity index (χ1v) is 7.91. The van der Waals surface area contributed by atoms with Gasteiger partial charge in [-0.15, -0.1) is 11.6 Å². The van der Waals surface area contributed by atoms with Crippen molar-refractivity contribution in [2.24, 2.45) is 0 Å². The first-order chi connectivity index (χ1) is 8.07. The van der Waals surface area contributed by atoms with Crippen LogP contribution in [0.4, 0.5) is 5.69 Å². The van der Waals surface area contributed by atoms with Crippen molar-refractivity contribution in [1.82, 2.24) is 0 Å². The molecule has 0 spiro atoms. The molecule has 0 aliphatic carbocycles. The van der Waals surface area contributed by atoms with Crippen LogP contribution in [0.25, 0.3) is 0 Å². The number of alkyl halides is 1. The number of rotatable bonds is 7. The van der Waals surface area contributed by atoms with Crippen molar-refractivity contribution in [2.45, 2.75) is 26.2 Å². The Hall–Kier alpha value is -0.740. The van der Waals surface area contributed by atoms with Crippen LogP contribution in [-0.2, 0) is 16.4 Å². The van der Waals surface area contributed by atoms with Crippen molar-refractivity contribution in [1.29, 1.82) is 0 Å². The first kappa shape index (κ1) is 14.3. The zero-order chi connectivity index (χ0) is 12.7. The molecule has 0 heterocycles. The van der Waals surface area contributed by atoms with E-state index in [9.17, 15) is 8.42 Å². The van der Waals surface area contributed by atoms with Crippen molar-refractivity contribution in [3.8, 4) is 0 Å². The van der Waals surface area contributed by atoms with Crippen molar-refractivity contribution in [3.05, 3.63) is 29.8 Å². The maximum Gasteiger partial charge on any atom is 0.232 e. The smallest absolute Gasteiger partial charge is 0.232 e. The Morgan fingerprint density at radius 2 is 1.82 bits per heavy atom. The van der Waals surface area contributed by atoms with Gasteiger partial charge in [-0.3, -0.25) is 4.72 Å². The zero-order valence-corrected chi connectivity index (χ0v) is 11.5. The Labute approximate surface area is 108 Å². The lowest BCUT2D eigenvalue weighted by atomic mass is 10.2. The second-order valence-electron chi connectivity index (χ2n) is 3.87. The summed E-state index contributed by atoms with van der Waals surface area (Å²) < 4.78 is 25.9. The SMILES string of the molecule is CCc1ccc(NS(=O)(=O)CCCCCl)cc1. The number of benzene rings is 1. The fraction of sp³-hybridized carbons (Fsp3) is 0.500. The molecular weight excluding hydrogens is 258 g/mol. The standard InChI is InChI=1S/C12H18ClNO2S/c1-2-11-5-7-12(8-6-11)14-17(15,16)10-4-3-9-13/h5-8,14H,2-4,9-10H2,1H3. The van der Waals surface area contributed by atoms with Crippen LogP contribution in [0.2, 0.25) is 0 Å². The summed E-state index contributed by atoms with van der Waals surface area (Å²) in [6.45, 7) is 2.06. The minimum absolute atomic E-state index is 0.120. The highest BCUT2D eigenvalue weighted by Gasteiger charge is 2.09. The van der Waals surface area contributed by atoms with Crippen LogP contribution < -0.4 is 4.72 Å². The van der Waals surface area contributed by atoms with Crippen molar-refractivity contribution < 1.29 is 8.42 Å². The number of aryl methyl sites for hydroxylation is 1. The quantitative estimate of drug-likeness (QED) is 0.614. The van der Waals surface area contributed by atoms with Crippen LogP contribution in [-0.4, -0.2) is 20.1 Å². The molecule has 3 nitrogen and oxygen atoms in total. The van der Waals surface area contributed by atoms with Gasteiger partial charge in [0, 0.05) is 11.6 Å². The molecule has 1 rings (SSSR count). The van der Waals surface area contributed by atoms with E-state index < -0.39 is 10.0 Å². The van der Waals surface area contributed by atoms with Gasteiger partial charge in [0.1, 0.15) is 0 Å². The third-order valence-electron chi connectivity index (χ3n) is 2.43. The number of unbranched alkanes of at least 4 members (excludes halogenated alkanes) is 1. The highest BCUT2D eigenvalue weighted by Crippen LogP contribution is 2.12. The number of anilines is 1. The van der Waals surface area contributed by atoms with Gasteiger partial charge in [-0.2, -0.15) is 0 Å². The van der Waals surface area contributed by atoms with Crippen molar-refractivity contribution in [2.75, 3.05) is 16.4 Å². The van der Waals surface area contributed by atoms with Gasteiger partial charge in [-0.1, -0.05) is 19.1 Å². The molecule has 0 saturated heterocycles. The molecular formula is C12H18ClNO2S. The third-order valence-corrected chi connectivity index (χ3v) is 4.07. The molecule has 0 aromatic heterocycles. The first-order valence-electron chi connectivity index (χ1n) is 5.73. The fourth-order valence-corrected chi connectivity index (χ4v) is 2.80. The average Bonchev–Trinajstić information content (AvgIpc) is 2.30. The summed E-state index contributed by atoms with van der Waals surface area (Å²) in [6, 6.07) is 7.43. The van der Waals surface area contributed by atoms with E-state index in [-0.39, 0.29) is 5.75 Å². The maximum absolute atomic E-state index is 11.7. The summed E-state index contributed by atoms with van der Waals surface area (Å²) in [7, 11) is -3.24. The maximum atomic E-state index is 11.7. The van der Waals surface area contributed by atoms with Gasteiger partial charge in [0.05, 0.1) is 5.75 Å². The van der Waals surface area contributed by atoms with Crippen LogP contribution in [0, 0.1) is 0 Å². The molecule has 1 N–H and O–H groups in total. The Morgan fingerprint density at radius 3 is 2.35 bits per heavy atom. The van der Waals surface area contributed by atoms with Gasteiger partial charge in [-0.25, -0.2) is 8.42 Å². The van der Waals surface area contributed by atoms with E-state index in [1.54, 1.807) is 12.1 Å². The van der Waals surface area contributed by atoms with Crippen molar-refractivity contribution in [3.63, 3.8) is 0 Å². The number of sulfonamides is 1. The highest BCUT2D eigenvalue weighted by molar-refractivity contribution is 7.92. The van der Waals surface area contributed by atoms with Gasteiger partial charge in [0.2, 0.25) is 10.0 Å². The molecule has 96 valence electrons. The molecule has 0 radical (unpaired) electrons. The predicted molar refractivity (Wildman–Crippen MR) is 73.2 cm³/mol. The van der Waals surface area contributed by atoms with Crippen LogP contribution in [0.5, 0.6) is 0 Å². The minimum Gasteiger partial charge on any atom is -0.284 e. The van der Waals surface area contributed by atoms with Gasteiger partial charge >= 0.3 is 0 Å². The van der Waals surface area contributed by atoms with E-state index in [0.717, 1.165) is 12.8 Å². The van der Waals surface area contributed by atoms with Gasteiger partial charge in [0.15, 0.2) is 0 Å². The normalized spacial score (nSPS) is 11.4. The van der Waals surface area contributed by atoms with Crippen LogP contribution in [0.15, 0.2) is 24.3 Å². The number of halogens is 1. The molecule has 0 atom stereocenters. The summed E-state index contributed by atoms with van der Waals surface area (Å²) in [5, 5.41) is 0. The molecule has 0 unspecified atom stereocenters. The Morgan fingerprint density at radius 1 is 1.18 bits per heavy atom. The van der Waals surface area contributed by atoms with Gasteiger partial charge in [0.25, 0.3) is 0 Å². The second-order valence-corrected chi connectivity index (χ2v) is 6.09. The zero-order valence-electron chi connectivity index (χ0n) is 9.95. The van der Waals surface area contributed by atoms with E-state index >= 15 is 0 Å². The molecule has 0 fully saturated rings. The molecule has 17 heavy (non-hydrogen) atoms. The summed E-state index contributed by atoms with van der Waals surface area (Å²) in [4.78, 5) is 0. The lowest BCUT2D eigenvalue weighted by Gasteiger charge is -2.08. The fourth-order valence-electron chi connectivity index (χ4n) is 1.43. The van der Waals surface area contributed by atoms with E-state index in [1.165, 1.54) is 5.56 Å². The lowest BCUT2D eigenvalue weighted by Crippen LogP contribution is -2.16. The average molecular weight is 276 g/mol. The Balaban J connectivity index is 2.56.